The summed E-state index contributed by atoms with van der Waals surface area (Å²) in [6, 6.07) is 0. The van der Waals surface area contributed by atoms with E-state index in [-0.39, 0.29) is 5.91 Å². The number of nitrogens with one attached hydrogen (secondary N) is 1. The molecule has 0 aromatic carbocycles. The minimum absolute atomic E-state index is 0.199. The predicted octanol–water partition coefficient (Wildman–Crippen LogP) is 0.712. The standard InChI is InChI=1S/C11H17NO3/c13-10(9-4-1-2-7-15-9)12-8-11(14)5-3-6-11/h4,14H,1-3,5-8H2,(H,12,13). The second-order valence-corrected chi connectivity index (χ2v) is 4.32. The van der Waals surface area contributed by atoms with Crippen molar-refractivity contribution in [1.29, 1.82) is 0 Å². The van der Waals surface area contributed by atoms with Gasteiger partial charge in [0.25, 0.3) is 5.91 Å². The Morgan fingerprint density at radius 1 is 1.53 bits per heavy atom. The van der Waals surface area contributed by atoms with E-state index in [0.29, 0.717) is 18.9 Å². The zero-order chi connectivity index (χ0) is 10.7. The number of aliphatic hydroxyl groups is 1. The normalized spacial score (nSPS) is 23.4. The Balaban J connectivity index is 1.79. The van der Waals surface area contributed by atoms with E-state index in [1.165, 1.54) is 0 Å². The van der Waals surface area contributed by atoms with Crippen molar-refractivity contribution in [2.75, 3.05) is 13.2 Å². The monoisotopic (exact) mass is 211 g/mol. The molecule has 0 bridgehead atoms. The smallest absolute Gasteiger partial charge is 0.286 e. The van der Waals surface area contributed by atoms with E-state index < -0.39 is 5.60 Å². The first-order chi connectivity index (χ1) is 7.20. The Morgan fingerprint density at radius 3 is 2.87 bits per heavy atom. The zero-order valence-electron chi connectivity index (χ0n) is 8.79. The minimum Gasteiger partial charge on any atom is -0.488 e. The third kappa shape index (κ3) is 2.50. The molecule has 1 fully saturated rings. The molecular formula is C11H17NO3. The fourth-order valence-electron chi connectivity index (χ4n) is 1.81. The summed E-state index contributed by atoms with van der Waals surface area (Å²) in [6.45, 7) is 0.954. The molecule has 4 nitrogen and oxygen atoms in total. The summed E-state index contributed by atoms with van der Waals surface area (Å²) in [6.07, 6.45) is 6.29. The van der Waals surface area contributed by atoms with Gasteiger partial charge in [-0.2, -0.15) is 0 Å². The number of hydrogen-bond acceptors (Lipinski definition) is 3. The van der Waals surface area contributed by atoms with Crippen molar-refractivity contribution in [3.05, 3.63) is 11.8 Å². The molecule has 0 aromatic heterocycles. The van der Waals surface area contributed by atoms with Crippen molar-refractivity contribution in [3.8, 4) is 0 Å². The molecule has 0 saturated heterocycles. The van der Waals surface area contributed by atoms with Crippen LogP contribution in [0.15, 0.2) is 11.8 Å². The predicted molar refractivity (Wildman–Crippen MR) is 55.1 cm³/mol. The van der Waals surface area contributed by atoms with Gasteiger partial charge >= 0.3 is 0 Å². The summed E-state index contributed by atoms with van der Waals surface area (Å²) in [5.41, 5.74) is -0.662. The van der Waals surface area contributed by atoms with Crippen LogP contribution in [-0.2, 0) is 9.53 Å². The third-order valence-corrected chi connectivity index (χ3v) is 3.02. The first kappa shape index (κ1) is 10.5. The van der Waals surface area contributed by atoms with Gasteiger partial charge in [-0.05, 0) is 38.2 Å². The van der Waals surface area contributed by atoms with Crippen LogP contribution >= 0.6 is 0 Å². The van der Waals surface area contributed by atoms with E-state index in [0.717, 1.165) is 32.1 Å². The number of hydrogen-bond donors (Lipinski definition) is 2. The van der Waals surface area contributed by atoms with Gasteiger partial charge in [-0.1, -0.05) is 0 Å². The van der Waals surface area contributed by atoms with Gasteiger partial charge in [0.2, 0.25) is 0 Å². The summed E-state index contributed by atoms with van der Waals surface area (Å²) in [7, 11) is 0. The highest BCUT2D eigenvalue weighted by atomic mass is 16.5. The number of carbonyl (C=O) groups is 1. The highest BCUT2D eigenvalue weighted by Crippen LogP contribution is 2.30. The molecule has 1 aliphatic carbocycles. The molecule has 2 N–H and O–H groups in total. The highest BCUT2D eigenvalue weighted by Gasteiger charge is 2.34. The number of amides is 1. The van der Waals surface area contributed by atoms with E-state index in [1.54, 1.807) is 0 Å². The zero-order valence-corrected chi connectivity index (χ0v) is 8.79. The fraction of sp³-hybridized carbons (Fsp3) is 0.727. The van der Waals surface area contributed by atoms with E-state index in [1.807, 2.05) is 6.08 Å². The molecule has 1 amide bonds. The largest absolute Gasteiger partial charge is 0.488 e. The number of rotatable bonds is 3. The van der Waals surface area contributed by atoms with Crippen molar-refractivity contribution in [3.63, 3.8) is 0 Å². The Bertz CT molecular complexity index is 282. The fourth-order valence-corrected chi connectivity index (χ4v) is 1.81. The molecule has 0 unspecified atom stereocenters. The van der Waals surface area contributed by atoms with Gasteiger partial charge in [0, 0.05) is 6.54 Å². The lowest BCUT2D eigenvalue weighted by atomic mass is 9.80. The first-order valence-electron chi connectivity index (χ1n) is 5.53. The van der Waals surface area contributed by atoms with Gasteiger partial charge in [-0.3, -0.25) is 4.79 Å². The molecule has 1 heterocycles. The average molecular weight is 211 g/mol. The molecule has 1 aliphatic heterocycles. The van der Waals surface area contributed by atoms with Gasteiger partial charge in [-0.25, -0.2) is 0 Å². The molecule has 84 valence electrons. The minimum atomic E-state index is -0.662. The van der Waals surface area contributed by atoms with Gasteiger partial charge in [0.1, 0.15) is 0 Å². The lowest BCUT2D eigenvalue weighted by Gasteiger charge is -2.36. The summed E-state index contributed by atoms with van der Waals surface area (Å²) < 4.78 is 5.22. The van der Waals surface area contributed by atoms with Crippen LogP contribution in [0.2, 0.25) is 0 Å². The second kappa shape index (κ2) is 4.23. The maximum absolute atomic E-state index is 11.6. The van der Waals surface area contributed by atoms with Crippen LogP contribution in [0.5, 0.6) is 0 Å². The van der Waals surface area contributed by atoms with Crippen LogP contribution in [0.4, 0.5) is 0 Å². The first-order valence-corrected chi connectivity index (χ1v) is 5.53. The topological polar surface area (TPSA) is 58.6 Å². The maximum Gasteiger partial charge on any atom is 0.286 e. The van der Waals surface area contributed by atoms with E-state index >= 15 is 0 Å². The number of ether oxygens (including phenoxy) is 1. The Morgan fingerprint density at radius 2 is 2.33 bits per heavy atom. The van der Waals surface area contributed by atoms with Crippen LogP contribution in [0.1, 0.15) is 32.1 Å². The van der Waals surface area contributed by atoms with Crippen molar-refractivity contribution in [2.24, 2.45) is 0 Å². The Labute approximate surface area is 89.3 Å². The van der Waals surface area contributed by atoms with Crippen molar-refractivity contribution >= 4 is 5.91 Å². The van der Waals surface area contributed by atoms with Crippen molar-refractivity contribution in [1.82, 2.24) is 5.32 Å². The highest BCUT2D eigenvalue weighted by molar-refractivity contribution is 5.91. The lowest BCUT2D eigenvalue weighted by Crippen LogP contribution is -2.48. The van der Waals surface area contributed by atoms with Crippen LogP contribution in [-0.4, -0.2) is 29.8 Å². The summed E-state index contributed by atoms with van der Waals surface area (Å²) in [4.78, 5) is 11.6. The van der Waals surface area contributed by atoms with Crippen molar-refractivity contribution in [2.45, 2.75) is 37.7 Å². The van der Waals surface area contributed by atoms with E-state index in [4.69, 9.17) is 4.74 Å². The Kier molecular flexibility index (Phi) is 2.95. The van der Waals surface area contributed by atoms with Gasteiger partial charge in [0.15, 0.2) is 5.76 Å². The van der Waals surface area contributed by atoms with Gasteiger partial charge in [-0.15, -0.1) is 0 Å². The van der Waals surface area contributed by atoms with Gasteiger partial charge < -0.3 is 15.2 Å². The van der Waals surface area contributed by atoms with E-state index in [9.17, 15) is 9.90 Å². The summed E-state index contributed by atoms with van der Waals surface area (Å²) >= 11 is 0. The number of allylic oxidation sites excluding steroid dienone is 1. The number of carbonyl (C=O) groups excluding carboxylic acids is 1. The summed E-state index contributed by atoms with van der Waals surface area (Å²) in [5, 5.41) is 12.5. The molecule has 0 atom stereocenters. The quantitative estimate of drug-likeness (QED) is 0.723. The molecule has 0 radical (unpaired) electrons. The molecule has 4 heteroatoms. The lowest BCUT2D eigenvalue weighted by molar-refractivity contribution is -0.123. The molecule has 2 aliphatic rings. The van der Waals surface area contributed by atoms with E-state index in [2.05, 4.69) is 5.32 Å². The van der Waals surface area contributed by atoms with Crippen LogP contribution in [0, 0.1) is 0 Å². The summed E-state index contributed by atoms with van der Waals surface area (Å²) in [5.74, 6) is 0.208. The van der Waals surface area contributed by atoms with Crippen LogP contribution in [0.25, 0.3) is 0 Å². The molecular weight excluding hydrogens is 194 g/mol. The maximum atomic E-state index is 11.6. The van der Waals surface area contributed by atoms with Crippen LogP contribution in [0.3, 0.4) is 0 Å². The SMILES string of the molecule is O=C(NCC1(O)CCC1)C1=CCCCO1. The van der Waals surface area contributed by atoms with Crippen molar-refractivity contribution < 1.29 is 14.6 Å². The average Bonchev–Trinajstić information content (AvgIpc) is 2.24. The van der Waals surface area contributed by atoms with Crippen LogP contribution < -0.4 is 5.32 Å². The molecule has 15 heavy (non-hydrogen) atoms. The second-order valence-electron chi connectivity index (χ2n) is 4.32. The molecule has 0 aromatic rings. The molecule has 0 spiro atoms. The van der Waals surface area contributed by atoms with Gasteiger partial charge in [0.05, 0.1) is 12.2 Å². The third-order valence-electron chi connectivity index (χ3n) is 3.02. The Hall–Kier alpha value is -1.03. The molecule has 2 rings (SSSR count). The molecule has 1 saturated carbocycles.